The summed E-state index contributed by atoms with van der Waals surface area (Å²) in [6.07, 6.45) is 6.01. The molecule has 6 rings (SSSR count). The van der Waals surface area contributed by atoms with Gasteiger partial charge in [0.1, 0.15) is 29.7 Å². The summed E-state index contributed by atoms with van der Waals surface area (Å²) in [6.45, 7) is 3.92. The maximum Gasteiger partial charge on any atom is 0.188 e. The Bertz CT molecular complexity index is 1630. The van der Waals surface area contributed by atoms with Gasteiger partial charge in [-0.3, -0.25) is 9.88 Å². The summed E-state index contributed by atoms with van der Waals surface area (Å²) in [5, 5.41) is 12.5. The Morgan fingerprint density at radius 2 is 2.12 bits per heavy atom. The molecule has 41 heavy (non-hydrogen) atoms. The van der Waals surface area contributed by atoms with Gasteiger partial charge in [-0.15, -0.1) is 0 Å². The summed E-state index contributed by atoms with van der Waals surface area (Å²) in [5.74, 6) is 1.19. The molecule has 1 fully saturated rings. The Morgan fingerprint density at radius 3 is 2.85 bits per heavy atom. The van der Waals surface area contributed by atoms with Crippen LogP contribution >= 0.6 is 11.6 Å². The second kappa shape index (κ2) is 11.9. The van der Waals surface area contributed by atoms with Gasteiger partial charge in [-0.1, -0.05) is 41.0 Å². The number of hydrogen-bond acceptors (Lipinski definition) is 7. The number of benzene rings is 2. The minimum absolute atomic E-state index is 0.0503. The fourth-order valence-electron chi connectivity index (χ4n) is 5.12. The van der Waals surface area contributed by atoms with Crippen LogP contribution in [0.1, 0.15) is 35.5 Å². The highest BCUT2D eigenvalue weighted by molar-refractivity contribution is 6.30. The van der Waals surface area contributed by atoms with Gasteiger partial charge in [0.05, 0.1) is 36.4 Å². The largest absolute Gasteiger partial charge is 0.489 e. The molecule has 11 heteroatoms. The number of oxime groups is 1. The van der Waals surface area contributed by atoms with Gasteiger partial charge in [0.2, 0.25) is 0 Å². The van der Waals surface area contributed by atoms with E-state index in [1.54, 1.807) is 24.4 Å². The predicted octanol–water partition coefficient (Wildman–Crippen LogP) is 4.98. The second-order valence-corrected chi connectivity index (χ2v) is 10.7. The molecule has 3 N–H and O–H groups in total. The lowest BCUT2D eigenvalue weighted by Crippen LogP contribution is -2.33. The number of fused-ring (bicyclic) bond motifs is 1. The SMILES string of the molecule is NC(=NO)c1cc2nc(CN3CC=C(c4cccc(OCc5ccc(Cl)cc5F)c4)CC3)n(CC3CCO3)c2cn1. The first-order chi connectivity index (χ1) is 20.0. The van der Waals surface area contributed by atoms with Crippen molar-refractivity contribution in [2.45, 2.75) is 38.6 Å². The van der Waals surface area contributed by atoms with Crippen molar-refractivity contribution in [3.05, 3.63) is 94.3 Å². The van der Waals surface area contributed by atoms with Gasteiger partial charge in [0.25, 0.3) is 0 Å². The van der Waals surface area contributed by atoms with E-state index >= 15 is 0 Å². The third kappa shape index (κ3) is 6.04. The average Bonchev–Trinajstić information content (AvgIpc) is 3.30. The first-order valence-corrected chi connectivity index (χ1v) is 13.9. The van der Waals surface area contributed by atoms with E-state index in [1.165, 1.54) is 11.6 Å². The molecule has 4 aromatic rings. The number of pyridine rings is 1. The number of hydrogen-bond donors (Lipinski definition) is 2. The molecule has 0 saturated carbocycles. The lowest BCUT2D eigenvalue weighted by Gasteiger charge is -2.29. The molecular formula is C30H30ClFN6O3. The number of nitrogens with two attached hydrogens (primary N) is 1. The van der Waals surface area contributed by atoms with Crippen molar-refractivity contribution in [2.24, 2.45) is 10.9 Å². The van der Waals surface area contributed by atoms with E-state index in [1.807, 2.05) is 18.2 Å². The highest BCUT2D eigenvalue weighted by atomic mass is 35.5. The molecule has 1 saturated heterocycles. The molecule has 9 nitrogen and oxygen atoms in total. The van der Waals surface area contributed by atoms with E-state index < -0.39 is 0 Å². The van der Waals surface area contributed by atoms with Crippen molar-refractivity contribution in [1.29, 1.82) is 0 Å². The molecule has 1 atom stereocenters. The van der Waals surface area contributed by atoms with Crippen molar-refractivity contribution < 1.29 is 19.1 Å². The van der Waals surface area contributed by atoms with Crippen LogP contribution in [-0.4, -0.2) is 56.3 Å². The quantitative estimate of drug-likeness (QED) is 0.125. The standard InChI is InChI=1S/C30H30ClFN6O3/c31-22-5-4-21(25(32)13-22)18-41-23-3-1-2-20(12-23)19-6-9-37(10-7-19)17-29-35-26-14-27(30(33)36-39)34-15-28(26)38(29)16-24-8-11-40-24/h1-6,12-15,24,39H,7-11,16-18H2,(H2,33,36). The number of halogens is 2. The zero-order valence-corrected chi connectivity index (χ0v) is 23.1. The van der Waals surface area contributed by atoms with E-state index in [4.69, 9.17) is 37.0 Å². The van der Waals surface area contributed by atoms with Gasteiger partial charge in [0.15, 0.2) is 5.84 Å². The third-order valence-electron chi connectivity index (χ3n) is 7.54. The first-order valence-electron chi connectivity index (χ1n) is 13.5. The van der Waals surface area contributed by atoms with Crippen LogP contribution in [0.3, 0.4) is 0 Å². The van der Waals surface area contributed by atoms with Crippen molar-refractivity contribution >= 4 is 34.0 Å². The molecule has 2 aromatic carbocycles. The molecule has 0 amide bonds. The van der Waals surface area contributed by atoms with Crippen LogP contribution in [-0.2, 0) is 24.4 Å². The summed E-state index contributed by atoms with van der Waals surface area (Å²) >= 11 is 5.85. The van der Waals surface area contributed by atoms with Crippen LogP contribution in [0, 0.1) is 5.82 Å². The average molecular weight is 577 g/mol. The zero-order chi connectivity index (χ0) is 28.3. The maximum absolute atomic E-state index is 14.1. The summed E-state index contributed by atoms with van der Waals surface area (Å²) in [6, 6.07) is 14.2. The van der Waals surface area contributed by atoms with Crippen molar-refractivity contribution in [1.82, 2.24) is 19.4 Å². The Morgan fingerprint density at radius 1 is 1.24 bits per heavy atom. The van der Waals surface area contributed by atoms with Gasteiger partial charge in [-0.25, -0.2) is 9.37 Å². The van der Waals surface area contributed by atoms with Crippen LogP contribution in [0.4, 0.5) is 4.39 Å². The maximum atomic E-state index is 14.1. The van der Waals surface area contributed by atoms with Crippen LogP contribution in [0.2, 0.25) is 5.02 Å². The number of aromatic nitrogens is 3. The molecule has 1 unspecified atom stereocenters. The lowest BCUT2D eigenvalue weighted by atomic mass is 9.99. The number of rotatable bonds is 9. The van der Waals surface area contributed by atoms with Crippen LogP contribution in [0.5, 0.6) is 5.75 Å². The Labute approximate surface area is 241 Å². The molecule has 0 aliphatic carbocycles. The van der Waals surface area contributed by atoms with E-state index in [0.717, 1.165) is 55.0 Å². The van der Waals surface area contributed by atoms with E-state index in [-0.39, 0.29) is 24.4 Å². The van der Waals surface area contributed by atoms with Crippen LogP contribution in [0.15, 0.2) is 66.0 Å². The number of imidazole rings is 1. The summed E-state index contributed by atoms with van der Waals surface area (Å²) in [5.41, 5.74) is 10.6. The Balaban J connectivity index is 1.15. The van der Waals surface area contributed by atoms with E-state index in [2.05, 4.69) is 31.7 Å². The van der Waals surface area contributed by atoms with Gasteiger partial charge < -0.3 is 25.0 Å². The molecule has 0 spiro atoms. The van der Waals surface area contributed by atoms with Gasteiger partial charge in [0, 0.05) is 30.3 Å². The molecule has 212 valence electrons. The molecule has 0 radical (unpaired) electrons. The minimum atomic E-state index is -0.377. The fraction of sp³-hybridized carbons (Fsp3) is 0.300. The predicted molar refractivity (Wildman–Crippen MR) is 154 cm³/mol. The second-order valence-electron chi connectivity index (χ2n) is 10.2. The van der Waals surface area contributed by atoms with Crippen molar-refractivity contribution in [3.63, 3.8) is 0 Å². The number of ether oxygens (including phenoxy) is 2. The zero-order valence-electron chi connectivity index (χ0n) is 22.3. The molecule has 4 heterocycles. The lowest BCUT2D eigenvalue weighted by molar-refractivity contribution is -0.0591. The highest BCUT2D eigenvalue weighted by Crippen LogP contribution is 2.28. The number of nitrogens with zero attached hydrogens (tertiary/aromatic N) is 5. The van der Waals surface area contributed by atoms with Crippen molar-refractivity contribution in [3.8, 4) is 5.75 Å². The molecule has 2 aromatic heterocycles. The highest BCUT2D eigenvalue weighted by Gasteiger charge is 2.24. The molecule has 2 aliphatic rings. The molecular weight excluding hydrogens is 547 g/mol. The summed E-state index contributed by atoms with van der Waals surface area (Å²) in [4.78, 5) is 11.6. The fourth-order valence-corrected chi connectivity index (χ4v) is 5.28. The number of amidine groups is 1. The topological polar surface area (TPSA) is 111 Å². The molecule has 0 bridgehead atoms. The monoisotopic (exact) mass is 576 g/mol. The van der Waals surface area contributed by atoms with Crippen molar-refractivity contribution in [2.75, 3.05) is 19.7 Å². The minimum Gasteiger partial charge on any atom is -0.489 e. The third-order valence-corrected chi connectivity index (χ3v) is 7.77. The molecule has 2 aliphatic heterocycles. The normalized spacial score (nSPS) is 17.9. The Kier molecular flexibility index (Phi) is 7.86. The van der Waals surface area contributed by atoms with E-state index in [0.29, 0.717) is 35.1 Å². The first kappa shape index (κ1) is 27.2. The van der Waals surface area contributed by atoms with Gasteiger partial charge in [-0.2, -0.15) is 0 Å². The van der Waals surface area contributed by atoms with E-state index in [9.17, 15) is 4.39 Å². The van der Waals surface area contributed by atoms with Crippen LogP contribution < -0.4 is 10.5 Å². The van der Waals surface area contributed by atoms with Crippen LogP contribution in [0.25, 0.3) is 16.6 Å². The van der Waals surface area contributed by atoms with Gasteiger partial charge >= 0.3 is 0 Å². The Hall–Kier alpha value is -3.99. The summed E-state index contributed by atoms with van der Waals surface area (Å²) in [7, 11) is 0. The van der Waals surface area contributed by atoms with Gasteiger partial charge in [-0.05, 0) is 54.3 Å². The summed E-state index contributed by atoms with van der Waals surface area (Å²) < 4.78 is 27.9. The smallest absolute Gasteiger partial charge is 0.188 e.